The van der Waals surface area contributed by atoms with Crippen LogP contribution >= 0.6 is 11.6 Å². The van der Waals surface area contributed by atoms with Crippen LogP contribution in [0.4, 0.5) is 0 Å². The molecule has 0 saturated heterocycles. The highest BCUT2D eigenvalue weighted by molar-refractivity contribution is 7.91. The molecular weight excluding hydrogens is 298 g/mol. The van der Waals surface area contributed by atoms with E-state index in [9.17, 15) is 8.42 Å². The minimum absolute atomic E-state index is 0.121. The van der Waals surface area contributed by atoms with E-state index in [0.717, 1.165) is 18.7 Å². The topological polar surface area (TPSA) is 64.0 Å². The Bertz CT molecular complexity index is 540. The smallest absolute Gasteiger partial charge is 0.151 e. The molecule has 0 amide bonds. The second-order valence-electron chi connectivity index (χ2n) is 5.38. The lowest BCUT2D eigenvalue weighted by Gasteiger charge is -2.26. The third kappa shape index (κ3) is 3.96. The summed E-state index contributed by atoms with van der Waals surface area (Å²) in [5.41, 5.74) is 0.744. The number of nitrogens with zero attached hydrogens (tertiary/aromatic N) is 2. The molecule has 116 valence electrons. The molecule has 0 aliphatic rings. The monoisotopic (exact) mass is 321 g/mol. The SMILES string of the molecule is CCCNC(c1c(Cl)cnn1C(C)C)C(C)S(C)(=O)=O. The molecule has 1 aromatic rings. The Morgan fingerprint density at radius 1 is 1.40 bits per heavy atom. The van der Waals surface area contributed by atoms with Gasteiger partial charge in [-0.25, -0.2) is 8.42 Å². The highest BCUT2D eigenvalue weighted by atomic mass is 35.5. The molecule has 0 saturated carbocycles. The van der Waals surface area contributed by atoms with Crippen LogP contribution in [0.3, 0.4) is 0 Å². The summed E-state index contributed by atoms with van der Waals surface area (Å²) in [5, 5.41) is 7.48. The maximum Gasteiger partial charge on any atom is 0.151 e. The first kappa shape index (κ1) is 17.5. The van der Waals surface area contributed by atoms with E-state index in [4.69, 9.17) is 11.6 Å². The fraction of sp³-hybridized carbons (Fsp3) is 0.769. The Hall–Kier alpha value is -0.590. The van der Waals surface area contributed by atoms with Crippen LogP contribution < -0.4 is 5.32 Å². The van der Waals surface area contributed by atoms with E-state index in [-0.39, 0.29) is 12.1 Å². The predicted molar refractivity (Wildman–Crippen MR) is 83.0 cm³/mol. The van der Waals surface area contributed by atoms with E-state index in [1.807, 2.05) is 20.8 Å². The molecular formula is C13H24ClN3O2S. The normalized spacial score (nSPS) is 15.6. The molecule has 0 bridgehead atoms. The first-order valence-electron chi connectivity index (χ1n) is 6.85. The summed E-state index contributed by atoms with van der Waals surface area (Å²) in [6, 6.07) is -0.238. The Morgan fingerprint density at radius 2 is 2.00 bits per heavy atom. The molecule has 1 aromatic heterocycles. The van der Waals surface area contributed by atoms with E-state index < -0.39 is 15.1 Å². The van der Waals surface area contributed by atoms with Gasteiger partial charge in [-0.05, 0) is 33.7 Å². The van der Waals surface area contributed by atoms with Crippen LogP contribution in [0.5, 0.6) is 0 Å². The molecule has 1 heterocycles. The lowest BCUT2D eigenvalue weighted by molar-refractivity contribution is 0.433. The van der Waals surface area contributed by atoms with Crippen molar-refractivity contribution in [3.8, 4) is 0 Å². The standard InChI is InChI=1S/C13H24ClN3O2S/c1-6-7-15-12(10(4)20(5,18)19)13-11(14)8-16-17(13)9(2)3/h8-10,12,15H,6-7H2,1-5H3. The Balaban J connectivity index is 3.27. The van der Waals surface area contributed by atoms with Gasteiger partial charge in [0.1, 0.15) is 0 Å². The Labute approximate surface area is 126 Å². The van der Waals surface area contributed by atoms with Gasteiger partial charge in [0.15, 0.2) is 9.84 Å². The maximum atomic E-state index is 11.9. The molecule has 5 nitrogen and oxygen atoms in total. The number of aromatic nitrogens is 2. The lowest BCUT2D eigenvalue weighted by Crippen LogP contribution is -2.37. The average molecular weight is 322 g/mol. The van der Waals surface area contributed by atoms with Crippen molar-refractivity contribution in [1.29, 1.82) is 0 Å². The summed E-state index contributed by atoms with van der Waals surface area (Å²) in [5.74, 6) is 0. The molecule has 1 rings (SSSR count). The lowest BCUT2D eigenvalue weighted by atomic mass is 10.1. The molecule has 0 aromatic carbocycles. The fourth-order valence-corrected chi connectivity index (χ4v) is 3.05. The number of hydrogen-bond donors (Lipinski definition) is 1. The van der Waals surface area contributed by atoms with Gasteiger partial charge in [-0.2, -0.15) is 5.10 Å². The van der Waals surface area contributed by atoms with E-state index >= 15 is 0 Å². The molecule has 20 heavy (non-hydrogen) atoms. The van der Waals surface area contributed by atoms with Crippen molar-refractivity contribution >= 4 is 21.4 Å². The van der Waals surface area contributed by atoms with Crippen LogP contribution in [0.1, 0.15) is 51.9 Å². The Morgan fingerprint density at radius 3 is 2.45 bits per heavy atom. The molecule has 2 atom stereocenters. The second-order valence-corrected chi connectivity index (χ2v) is 8.19. The van der Waals surface area contributed by atoms with Crippen LogP contribution in [0.15, 0.2) is 6.20 Å². The van der Waals surface area contributed by atoms with E-state index in [2.05, 4.69) is 10.4 Å². The van der Waals surface area contributed by atoms with Gasteiger partial charge >= 0.3 is 0 Å². The molecule has 1 N–H and O–H groups in total. The zero-order chi connectivity index (χ0) is 15.5. The van der Waals surface area contributed by atoms with Gasteiger partial charge < -0.3 is 5.32 Å². The molecule has 0 aliphatic carbocycles. The molecule has 7 heteroatoms. The Kier molecular flexibility index (Phi) is 6.04. The highest BCUT2D eigenvalue weighted by Gasteiger charge is 2.31. The number of rotatable bonds is 7. The third-order valence-electron chi connectivity index (χ3n) is 3.33. The van der Waals surface area contributed by atoms with Crippen LogP contribution in [0, 0.1) is 0 Å². The summed E-state index contributed by atoms with van der Waals surface area (Å²) in [7, 11) is -3.18. The van der Waals surface area contributed by atoms with Crippen LogP contribution in [-0.2, 0) is 9.84 Å². The van der Waals surface area contributed by atoms with Crippen molar-refractivity contribution in [2.75, 3.05) is 12.8 Å². The predicted octanol–water partition coefficient (Wildman–Crippen LogP) is 2.59. The van der Waals surface area contributed by atoms with E-state index in [1.54, 1.807) is 17.8 Å². The van der Waals surface area contributed by atoms with Gasteiger partial charge in [0.05, 0.1) is 28.2 Å². The molecule has 0 radical (unpaired) electrons. The number of halogens is 1. The van der Waals surface area contributed by atoms with Crippen molar-refractivity contribution in [2.24, 2.45) is 0 Å². The van der Waals surface area contributed by atoms with E-state index in [1.165, 1.54) is 6.26 Å². The van der Waals surface area contributed by atoms with Gasteiger partial charge in [-0.15, -0.1) is 0 Å². The number of hydrogen-bond acceptors (Lipinski definition) is 4. The summed E-state index contributed by atoms with van der Waals surface area (Å²) in [4.78, 5) is 0. The number of sulfone groups is 1. The average Bonchev–Trinajstić information content (AvgIpc) is 2.71. The summed E-state index contributed by atoms with van der Waals surface area (Å²) in [6.45, 7) is 8.46. The molecule has 0 fully saturated rings. The molecule has 0 aliphatic heterocycles. The van der Waals surface area contributed by atoms with Gasteiger partial charge in [0, 0.05) is 12.3 Å². The zero-order valence-electron chi connectivity index (χ0n) is 12.7. The van der Waals surface area contributed by atoms with Crippen molar-refractivity contribution < 1.29 is 8.42 Å². The van der Waals surface area contributed by atoms with Crippen molar-refractivity contribution in [3.63, 3.8) is 0 Å². The van der Waals surface area contributed by atoms with Crippen molar-refractivity contribution in [3.05, 3.63) is 16.9 Å². The van der Waals surface area contributed by atoms with Crippen LogP contribution in [0.2, 0.25) is 5.02 Å². The molecule has 2 unspecified atom stereocenters. The van der Waals surface area contributed by atoms with Gasteiger partial charge in [0.25, 0.3) is 0 Å². The van der Waals surface area contributed by atoms with Crippen LogP contribution in [0.25, 0.3) is 0 Å². The fourth-order valence-electron chi connectivity index (χ4n) is 2.09. The second kappa shape index (κ2) is 6.91. The van der Waals surface area contributed by atoms with E-state index in [0.29, 0.717) is 5.02 Å². The first-order chi connectivity index (χ1) is 9.20. The quantitative estimate of drug-likeness (QED) is 0.838. The minimum Gasteiger partial charge on any atom is -0.308 e. The summed E-state index contributed by atoms with van der Waals surface area (Å²) < 4.78 is 25.6. The zero-order valence-corrected chi connectivity index (χ0v) is 14.3. The van der Waals surface area contributed by atoms with Gasteiger partial charge in [0.2, 0.25) is 0 Å². The summed E-state index contributed by atoms with van der Waals surface area (Å²) >= 11 is 6.24. The van der Waals surface area contributed by atoms with Crippen molar-refractivity contribution in [1.82, 2.24) is 15.1 Å². The highest BCUT2D eigenvalue weighted by Crippen LogP contribution is 2.30. The maximum absolute atomic E-state index is 11.9. The van der Waals surface area contributed by atoms with Crippen molar-refractivity contribution in [2.45, 2.75) is 51.4 Å². The summed E-state index contributed by atoms with van der Waals surface area (Å²) in [6.07, 6.45) is 3.75. The largest absolute Gasteiger partial charge is 0.308 e. The minimum atomic E-state index is -3.18. The van der Waals surface area contributed by atoms with Gasteiger partial charge in [-0.1, -0.05) is 18.5 Å². The molecule has 0 spiro atoms. The number of nitrogens with one attached hydrogen (secondary N) is 1. The third-order valence-corrected chi connectivity index (χ3v) is 5.24. The van der Waals surface area contributed by atoms with Gasteiger partial charge in [-0.3, -0.25) is 4.68 Å². The van der Waals surface area contributed by atoms with Crippen LogP contribution in [-0.4, -0.2) is 36.2 Å². The first-order valence-corrected chi connectivity index (χ1v) is 9.18.